The van der Waals surface area contributed by atoms with Crippen LogP contribution < -0.4 is 0 Å². The second kappa shape index (κ2) is 7.41. The zero-order valence-electron chi connectivity index (χ0n) is 12.2. The lowest BCUT2D eigenvalue weighted by Gasteiger charge is -2.23. The highest BCUT2D eigenvalue weighted by atomic mass is 35.5. The Balaban J connectivity index is 1.98. The smallest absolute Gasteiger partial charge is 0.312 e. The van der Waals surface area contributed by atoms with E-state index in [0.717, 1.165) is 31.2 Å². The summed E-state index contributed by atoms with van der Waals surface area (Å²) in [5.41, 5.74) is 0.735. The van der Waals surface area contributed by atoms with Crippen molar-refractivity contribution in [3.05, 3.63) is 29.0 Å². The molecular weight excluding hydrogens is 290 g/mol. The molecule has 2 heterocycles. The molecule has 2 amide bonds. The Morgan fingerprint density at radius 2 is 1.95 bits per heavy atom. The normalized spacial score (nSPS) is 15.4. The molecule has 0 spiro atoms. The van der Waals surface area contributed by atoms with Gasteiger partial charge in [-0.05, 0) is 18.9 Å². The number of hydrogen-bond acceptors (Lipinski definition) is 3. The van der Waals surface area contributed by atoms with Crippen LogP contribution in [0.25, 0.3) is 0 Å². The molecule has 1 aliphatic heterocycles. The lowest BCUT2D eigenvalue weighted by atomic mass is 10.2. The maximum Gasteiger partial charge on any atom is 0.312 e. The number of rotatable bonds is 2. The van der Waals surface area contributed by atoms with Crippen LogP contribution in [0.2, 0.25) is 5.15 Å². The fourth-order valence-corrected chi connectivity index (χ4v) is 2.62. The van der Waals surface area contributed by atoms with Crippen LogP contribution in [-0.2, 0) is 16.1 Å². The van der Waals surface area contributed by atoms with E-state index in [-0.39, 0.29) is 6.54 Å². The fourth-order valence-electron chi connectivity index (χ4n) is 2.44. The zero-order chi connectivity index (χ0) is 15.2. The summed E-state index contributed by atoms with van der Waals surface area (Å²) in [6, 6.07) is 3.56. The highest BCUT2D eigenvalue weighted by Crippen LogP contribution is 2.15. The minimum absolute atomic E-state index is 0.283. The number of carbonyl (C=O) groups is 2. The number of hydrogen-bond donors (Lipinski definition) is 0. The number of aromatic nitrogens is 1. The molecule has 1 aromatic heterocycles. The third-order valence-electron chi connectivity index (χ3n) is 3.67. The monoisotopic (exact) mass is 309 g/mol. The van der Waals surface area contributed by atoms with Crippen LogP contribution in [0.4, 0.5) is 0 Å². The van der Waals surface area contributed by atoms with Crippen LogP contribution >= 0.6 is 11.6 Å². The van der Waals surface area contributed by atoms with Crippen molar-refractivity contribution in [2.24, 2.45) is 0 Å². The maximum atomic E-state index is 12.3. The maximum absolute atomic E-state index is 12.3. The second-order valence-electron chi connectivity index (χ2n) is 5.32. The zero-order valence-corrected chi connectivity index (χ0v) is 13.0. The van der Waals surface area contributed by atoms with Gasteiger partial charge in [0.1, 0.15) is 5.15 Å². The first-order chi connectivity index (χ1) is 10.1. The molecule has 21 heavy (non-hydrogen) atoms. The van der Waals surface area contributed by atoms with Crippen molar-refractivity contribution in [3.63, 3.8) is 0 Å². The van der Waals surface area contributed by atoms with Gasteiger partial charge in [0.2, 0.25) is 0 Å². The van der Waals surface area contributed by atoms with Gasteiger partial charge in [0.15, 0.2) is 0 Å². The molecule has 5 nitrogen and oxygen atoms in total. The topological polar surface area (TPSA) is 53.5 Å². The van der Waals surface area contributed by atoms with Gasteiger partial charge in [-0.1, -0.05) is 30.5 Å². The number of halogens is 1. The number of likely N-dealkylation sites (tertiary alicyclic amines) is 1. The number of nitrogens with zero attached hydrogens (tertiary/aromatic N) is 3. The van der Waals surface area contributed by atoms with Crippen molar-refractivity contribution in [2.75, 3.05) is 20.1 Å². The van der Waals surface area contributed by atoms with Crippen molar-refractivity contribution < 1.29 is 9.59 Å². The van der Waals surface area contributed by atoms with Crippen molar-refractivity contribution in [1.82, 2.24) is 14.8 Å². The summed E-state index contributed by atoms with van der Waals surface area (Å²) in [7, 11) is 1.61. The van der Waals surface area contributed by atoms with Gasteiger partial charge in [-0.3, -0.25) is 9.59 Å². The molecule has 6 heteroatoms. The highest BCUT2D eigenvalue weighted by molar-refractivity contribution is 6.35. The minimum Gasteiger partial charge on any atom is -0.334 e. The average Bonchev–Trinajstić information content (AvgIpc) is 2.77. The van der Waals surface area contributed by atoms with E-state index in [9.17, 15) is 9.59 Å². The van der Waals surface area contributed by atoms with E-state index >= 15 is 0 Å². The highest BCUT2D eigenvalue weighted by Gasteiger charge is 2.25. The van der Waals surface area contributed by atoms with E-state index in [1.807, 2.05) is 0 Å². The molecule has 0 radical (unpaired) electrons. The quantitative estimate of drug-likeness (QED) is 0.621. The van der Waals surface area contributed by atoms with Crippen LogP contribution in [-0.4, -0.2) is 46.7 Å². The van der Waals surface area contributed by atoms with Crippen molar-refractivity contribution >= 4 is 23.4 Å². The van der Waals surface area contributed by atoms with Gasteiger partial charge in [0, 0.05) is 38.4 Å². The van der Waals surface area contributed by atoms with Gasteiger partial charge in [-0.25, -0.2) is 4.98 Å². The fraction of sp³-hybridized carbons (Fsp3) is 0.533. The van der Waals surface area contributed by atoms with Crippen LogP contribution in [0.3, 0.4) is 0 Å². The molecule has 0 unspecified atom stereocenters. The number of pyridine rings is 1. The summed E-state index contributed by atoms with van der Waals surface area (Å²) in [5, 5.41) is 0.361. The third-order valence-corrected chi connectivity index (χ3v) is 4.01. The molecule has 0 saturated carbocycles. The molecule has 114 valence electrons. The van der Waals surface area contributed by atoms with Crippen LogP contribution in [0.5, 0.6) is 0 Å². The largest absolute Gasteiger partial charge is 0.334 e. The first-order valence-electron chi connectivity index (χ1n) is 7.23. The van der Waals surface area contributed by atoms with Crippen molar-refractivity contribution in [3.8, 4) is 0 Å². The van der Waals surface area contributed by atoms with E-state index in [2.05, 4.69) is 4.98 Å². The predicted octanol–water partition coefficient (Wildman–Crippen LogP) is 2.10. The van der Waals surface area contributed by atoms with E-state index in [1.165, 1.54) is 4.90 Å². The average molecular weight is 310 g/mol. The Hall–Kier alpha value is -1.62. The van der Waals surface area contributed by atoms with E-state index < -0.39 is 11.8 Å². The molecule has 1 saturated heterocycles. The molecule has 1 aromatic rings. The Bertz CT molecular complexity index is 513. The molecular formula is C15H20ClN3O2. The lowest BCUT2D eigenvalue weighted by molar-refractivity contribution is -0.151. The predicted molar refractivity (Wildman–Crippen MR) is 80.8 cm³/mol. The number of amides is 2. The van der Waals surface area contributed by atoms with Gasteiger partial charge in [0.25, 0.3) is 0 Å². The van der Waals surface area contributed by atoms with Gasteiger partial charge < -0.3 is 9.80 Å². The molecule has 1 aliphatic rings. The molecule has 0 aliphatic carbocycles. The molecule has 0 bridgehead atoms. The third kappa shape index (κ3) is 4.17. The van der Waals surface area contributed by atoms with Gasteiger partial charge in [-0.2, -0.15) is 0 Å². The molecule has 1 fully saturated rings. The minimum atomic E-state index is -0.489. The van der Waals surface area contributed by atoms with Crippen LogP contribution in [0, 0.1) is 0 Å². The summed E-state index contributed by atoms with van der Waals surface area (Å²) < 4.78 is 0. The standard InChI is InChI=1S/C15H20ClN3O2/c1-18(11-12-7-6-8-17-13(12)16)14(20)15(21)19-9-4-2-3-5-10-19/h6-8H,2-5,9-11H2,1H3. The first-order valence-corrected chi connectivity index (χ1v) is 7.61. The second-order valence-corrected chi connectivity index (χ2v) is 5.68. The van der Waals surface area contributed by atoms with E-state index in [1.54, 1.807) is 30.3 Å². The Labute approximate surface area is 129 Å². The van der Waals surface area contributed by atoms with Crippen LogP contribution in [0.15, 0.2) is 18.3 Å². The number of likely N-dealkylation sites (N-methyl/N-ethyl adjacent to an activating group) is 1. The first kappa shape index (κ1) is 15.8. The van der Waals surface area contributed by atoms with Gasteiger partial charge in [-0.15, -0.1) is 0 Å². The van der Waals surface area contributed by atoms with Gasteiger partial charge >= 0.3 is 11.8 Å². The van der Waals surface area contributed by atoms with E-state index in [4.69, 9.17) is 11.6 Å². The summed E-state index contributed by atoms with van der Waals surface area (Å²) >= 11 is 5.98. The Morgan fingerprint density at radius 1 is 1.29 bits per heavy atom. The van der Waals surface area contributed by atoms with Crippen molar-refractivity contribution in [2.45, 2.75) is 32.2 Å². The summed E-state index contributed by atoms with van der Waals surface area (Å²) in [6.45, 7) is 1.63. The van der Waals surface area contributed by atoms with Crippen LogP contribution in [0.1, 0.15) is 31.2 Å². The SMILES string of the molecule is CN(Cc1cccnc1Cl)C(=O)C(=O)N1CCCCCC1. The summed E-state index contributed by atoms with van der Waals surface area (Å²) in [4.78, 5) is 31.5. The molecule has 0 aromatic carbocycles. The molecule has 0 atom stereocenters. The molecule has 2 rings (SSSR count). The Kier molecular flexibility index (Phi) is 5.56. The van der Waals surface area contributed by atoms with E-state index in [0.29, 0.717) is 18.2 Å². The number of carbonyl (C=O) groups excluding carboxylic acids is 2. The van der Waals surface area contributed by atoms with Gasteiger partial charge in [0.05, 0.1) is 0 Å². The summed E-state index contributed by atoms with van der Waals surface area (Å²) in [5.74, 6) is -0.906. The van der Waals surface area contributed by atoms with Crippen molar-refractivity contribution in [1.29, 1.82) is 0 Å². The summed E-state index contributed by atoms with van der Waals surface area (Å²) in [6.07, 6.45) is 5.78. The Morgan fingerprint density at radius 3 is 2.57 bits per heavy atom. The lowest BCUT2D eigenvalue weighted by Crippen LogP contribution is -2.44. The molecule has 0 N–H and O–H groups in total.